The van der Waals surface area contributed by atoms with E-state index in [0.717, 1.165) is 37.1 Å². The van der Waals surface area contributed by atoms with Crippen LogP contribution in [-0.4, -0.2) is 22.4 Å². The first-order chi connectivity index (χ1) is 11.1. The molecule has 0 aliphatic carbocycles. The largest absolute Gasteiger partial charge is 0.354 e. The molecule has 0 atom stereocenters. The molecule has 0 unspecified atom stereocenters. The van der Waals surface area contributed by atoms with Crippen molar-refractivity contribution in [3.63, 3.8) is 0 Å². The van der Waals surface area contributed by atoms with E-state index < -0.39 is 0 Å². The molecule has 2 N–H and O–H groups in total. The minimum atomic E-state index is -0.269. The lowest BCUT2D eigenvalue weighted by atomic mass is 10.2. The number of aryl methyl sites for hydroxylation is 1. The second-order valence-electron chi connectivity index (χ2n) is 5.31. The third kappa shape index (κ3) is 5.21. The van der Waals surface area contributed by atoms with Gasteiger partial charge < -0.3 is 10.6 Å². The van der Waals surface area contributed by atoms with E-state index in [0.29, 0.717) is 16.7 Å². The zero-order valence-corrected chi connectivity index (χ0v) is 14.2. The fourth-order valence-corrected chi connectivity index (χ4v) is 2.33. The molecular weight excluding hydrogens is 312 g/mol. The topological polar surface area (TPSA) is 66.9 Å². The number of carbonyl (C=O) groups is 1. The second kappa shape index (κ2) is 8.48. The minimum absolute atomic E-state index is 0.269. The van der Waals surface area contributed by atoms with Crippen molar-refractivity contribution in [3.05, 3.63) is 46.7 Å². The molecule has 0 aliphatic heterocycles. The standard InChI is InChI=1S/C17H21ClN4O/c1-3-4-5-9-19-17-20-10-8-15(22-17)16(23)21-14-7-6-13(18)11-12(14)2/h6-8,10-11H,3-5,9H2,1-2H3,(H,21,23)(H,19,20,22). The number of amides is 1. The molecule has 2 rings (SSSR count). The highest BCUT2D eigenvalue weighted by Gasteiger charge is 2.10. The first-order valence-corrected chi connectivity index (χ1v) is 8.12. The van der Waals surface area contributed by atoms with Crippen molar-refractivity contribution in [2.24, 2.45) is 0 Å². The Bertz CT molecular complexity index is 675. The highest BCUT2D eigenvalue weighted by Crippen LogP contribution is 2.20. The predicted octanol–water partition coefficient (Wildman–Crippen LogP) is 4.29. The highest BCUT2D eigenvalue weighted by atomic mass is 35.5. The fourth-order valence-electron chi connectivity index (χ4n) is 2.10. The normalized spacial score (nSPS) is 10.4. The summed E-state index contributed by atoms with van der Waals surface area (Å²) in [7, 11) is 0. The van der Waals surface area contributed by atoms with Crippen molar-refractivity contribution in [2.45, 2.75) is 33.1 Å². The van der Waals surface area contributed by atoms with E-state index in [2.05, 4.69) is 27.5 Å². The van der Waals surface area contributed by atoms with Crippen molar-refractivity contribution < 1.29 is 4.79 Å². The van der Waals surface area contributed by atoms with Gasteiger partial charge in [0.15, 0.2) is 0 Å². The molecule has 1 heterocycles. The number of anilines is 2. The minimum Gasteiger partial charge on any atom is -0.354 e. The van der Waals surface area contributed by atoms with E-state index in [1.165, 1.54) is 0 Å². The Morgan fingerprint density at radius 2 is 2.09 bits per heavy atom. The molecule has 6 heteroatoms. The Morgan fingerprint density at radius 3 is 2.83 bits per heavy atom. The van der Waals surface area contributed by atoms with Gasteiger partial charge in [-0.15, -0.1) is 0 Å². The molecule has 0 saturated heterocycles. The van der Waals surface area contributed by atoms with Crippen LogP contribution in [0, 0.1) is 6.92 Å². The van der Waals surface area contributed by atoms with E-state index in [9.17, 15) is 4.79 Å². The van der Waals surface area contributed by atoms with Gasteiger partial charge in [-0.1, -0.05) is 31.4 Å². The molecule has 0 saturated carbocycles. The Labute approximate surface area is 141 Å². The first-order valence-electron chi connectivity index (χ1n) is 7.74. The maximum atomic E-state index is 12.3. The maximum Gasteiger partial charge on any atom is 0.274 e. The summed E-state index contributed by atoms with van der Waals surface area (Å²) < 4.78 is 0. The van der Waals surface area contributed by atoms with Crippen LogP contribution in [0.25, 0.3) is 0 Å². The number of benzene rings is 1. The Kier molecular flexibility index (Phi) is 6.35. The van der Waals surface area contributed by atoms with E-state index in [-0.39, 0.29) is 5.91 Å². The number of carbonyl (C=O) groups excluding carboxylic acids is 1. The van der Waals surface area contributed by atoms with Crippen molar-refractivity contribution >= 4 is 29.1 Å². The summed E-state index contributed by atoms with van der Waals surface area (Å²) in [6.07, 6.45) is 4.95. The number of hydrogen-bond acceptors (Lipinski definition) is 4. The van der Waals surface area contributed by atoms with Crippen molar-refractivity contribution in [3.8, 4) is 0 Å². The maximum absolute atomic E-state index is 12.3. The Balaban J connectivity index is 2.01. The van der Waals surface area contributed by atoms with E-state index >= 15 is 0 Å². The molecule has 0 bridgehead atoms. The summed E-state index contributed by atoms with van der Waals surface area (Å²) in [4.78, 5) is 20.7. The zero-order valence-electron chi connectivity index (χ0n) is 13.4. The van der Waals surface area contributed by atoms with Crippen LogP contribution in [0.1, 0.15) is 42.2 Å². The van der Waals surface area contributed by atoms with Crippen LogP contribution in [-0.2, 0) is 0 Å². The summed E-state index contributed by atoms with van der Waals surface area (Å²) in [6, 6.07) is 6.92. The van der Waals surface area contributed by atoms with Gasteiger partial charge in [0, 0.05) is 23.5 Å². The lowest BCUT2D eigenvalue weighted by Crippen LogP contribution is -2.16. The monoisotopic (exact) mass is 332 g/mol. The van der Waals surface area contributed by atoms with Crippen LogP contribution < -0.4 is 10.6 Å². The molecule has 1 aromatic carbocycles. The SMILES string of the molecule is CCCCCNc1nccc(C(=O)Nc2ccc(Cl)cc2C)n1. The molecule has 0 fully saturated rings. The zero-order chi connectivity index (χ0) is 16.7. The lowest BCUT2D eigenvalue weighted by Gasteiger charge is -2.09. The molecule has 122 valence electrons. The van der Waals surface area contributed by atoms with Gasteiger partial charge in [-0.2, -0.15) is 0 Å². The van der Waals surface area contributed by atoms with Crippen LogP contribution >= 0.6 is 11.6 Å². The fraction of sp³-hybridized carbons (Fsp3) is 0.353. The van der Waals surface area contributed by atoms with Crippen LogP contribution in [0.5, 0.6) is 0 Å². The van der Waals surface area contributed by atoms with E-state index in [1.54, 1.807) is 30.5 Å². The number of halogens is 1. The summed E-state index contributed by atoms with van der Waals surface area (Å²) in [5.74, 6) is 0.205. The summed E-state index contributed by atoms with van der Waals surface area (Å²) in [6.45, 7) is 4.84. The third-order valence-electron chi connectivity index (χ3n) is 3.39. The molecule has 23 heavy (non-hydrogen) atoms. The van der Waals surface area contributed by atoms with E-state index in [4.69, 9.17) is 11.6 Å². The molecule has 0 radical (unpaired) electrons. The summed E-state index contributed by atoms with van der Waals surface area (Å²) in [5, 5.41) is 6.62. The number of unbranched alkanes of at least 4 members (excludes halogenated alkanes) is 2. The number of rotatable bonds is 7. The van der Waals surface area contributed by atoms with Crippen molar-refractivity contribution in [2.75, 3.05) is 17.2 Å². The Morgan fingerprint density at radius 1 is 1.26 bits per heavy atom. The number of nitrogens with one attached hydrogen (secondary N) is 2. The van der Waals surface area contributed by atoms with Gasteiger partial charge in [-0.3, -0.25) is 4.79 Å². The van der Waals surface area contributed by atoms with Crippen LogP contribution in [0.15, 0.2) is 30.5 Å². The number of hydrogen-bond donors (Lipinski definition) is 2. The summed E-state index contributed by atoms with van der Waals surface area (Å²) in [5.41, 5.74) is 1.95. The van der Waals surface area contributed by atoms with Crippen LogP contribution in [0.3, 0.4) is 0 Å². The summed E-state index contributed by atoms with van der Waals surface area (Å²) >= 11 is 5.92. The molecule has 1 amide bonds. The first kappa shape index (κ1) is 17.2. The molecule has 0 spiro atoms. The molecular formula is C17H21ClN4O. The average molecular weight is 333 g/mol. The van der Waals surface area contributed by atoms with Gasteiger partial charge in [0.2, 0.25) is 5.95 Å². The van der Waals surface area contributed by atoms with Gasteiger partial charge in [0.05, 0.1) is 0 Å². The van der Waals surface area contributed by atoms with Gasteiger partial charge in [0.1, 0.15) is 5.69 Å². The average Bonchev–Trinajstić information content (AvgIpc) is 2.54. The lowest BCUT2D eigenvalue weighted by molar-refractivity contribution is 0.102. The predicted molar refractivity (Wildman–Crippen MR) is 94.2 cm³/mol. The quantitative estimate of drug-likeness (QED) is 0.742. The van der Waals surface area contributed by atoms with Gasteiger partial charge in [-0.25, -0.2) is 9.97 Å². The number of aromatic nitrogens is 2. The van der Waals surface area contributed by atoms with Crippen LogP contribution in [0.4, 0.5) is 11.6 Å². The highest BCUT2D eigenvalue weighted by molar-refractivity contribution is 6.30. The molecule has 1 aromatic heterocycles. The number of nitrogens with zero attached hydrogens (tertiary/aromatic N) is 2. The Hall–Kier alpha value is -2.14. The van der Waals surface area contributed by atoms with Gasteiger partial charge >= 0.3 is 0 Å². The van der Waals surface area contributed by atoms with Gasteiger partial charge in [-0.05, 0) is 43.2 Å². The van der Waals surface area contributed by atoms with Gasteiger partial charge in [0.25, 0.3) is 5.91 Å². The smallest absolute Gasteiger partial charge is 0.274 e. The van der Waals surface area contributed by atoms with E-state index in [1.807, 2.05) is 6.92 Å². The molecule has 5 nitrogen and oxygen atoms in total. The molecule has 0 aliphatic rings. The van der Waals surface area contributed by atoms with Crippen LogP contribution in [0.2, 0.25) is 5.02 Å². The van der Waals surface area contributed by atoms with Crippen molar-refractivity contribution in [1.29, 1.82) is 0 Å². The third-order valence-corrected chi connectivity index (χ3v) is 3.62. The van der Waals surface area contributed by atoms with Crippen molar-refractivity contribution in [1.82, 2.24) is 9.97 Å². The molecule has 2 aromatic rings. The second-order valence-corrected chi connectivity index (χ2v) is 5.75.